The second-order valence-electron chi connectivity index (χ2n) is 9.76. The first-order chi connectivity index (χ1) is 16.0. The Bertz CT molecular complexity index is 1070. The van der Waals surface area contributed by atoms with Crippen LogP contribution in [0.3, 0.4) is 0 Å². The van der Waals surface area contributed by atoms with Gasteiger partial charge >= 0.3 is 0 Å². The fraction of sp³-hybridized carbons (Fsp3) is 0.462. The minimum absolute atomic E-state index is 0.135. The molecule has 1 amide bonds. The van der Waals surface area contributed by atoms with Crippen LogP contribution in [0.1, 0.15) is 28.8 Å². The first-order valence-corrected chi connectivity index (χ1v) is 12.1. The van der Waals surface area contributed by atoms with Crippen molar-refractivity contribution < 1.29 is 4.79 Å². The molecule has 0 N–H and O–H groups in total. The van der Waals surface area contributed by atoms with Gasteiger partial charge in [0.05, 0.1) is 10.6 Å². The maximum Gasteiger partial charge on any atom is 0.253 e. The third-order valence-corrected chi connectivity index (χ3v) is 7.90. The van der Waals surface area contributed by atoms with E-state index in [0.717, 1.165) is 76.5 Å². The number of rotatable bonds is 3. The van der Waals surface area contributed by atoms with Gasteiger partial charge in [0.25, 0.3) is 5.91 Å². The third-order valence-electron chi connectivity index (χ3n) is 7.58. The zero-order valence-electron chi connectivity index (χ0n) is 19.1. The van der Waals surface area contributed by atoms with Crippen molar-refractivity contribution in [2.24, 2.45) is 5.41 Å². The number of hydrogen-bond acceptors (Lipinski definition) is 5. The van der Waals surface area contributed by atoms with Gasteiger partial charge in [0.15, 0.2) is 0 Å². The lowest BCUT2D eigenvalue weighted by molar-refractivity contribution is 0.0776. The number of likely N-dealkylation sites (tertiary alicyclic amines) is 1. The van der Waals surface area contributed by atoms with Crippen LogP contribution in [0.2, 0.25) is 5.02 Å². The highest BCUT2D eigenvalue weighted by atomic mass is 35.5. The molecule has 0 saturated carbocycles. The van der Waals surface area contributed by atoms with Gasteiger partial charge in [0, 0.05) is 74.7 Å². The highest BCUT2D eigenvalue weighted by Crippen LogP contribution is 2.42. The first kappa shape index (κ1) is 22.1. The number of nitrogens with zero attached hydrogens (tertiary/aromatic N) is 5. The van der Waals surface area contributed by atoms with E-state index in [4.69, 9.17) is 16.9 Å². The fourth-order valence-electron chi connectivity index (χ4n) is 5.45. The molecule has 0 aromatic heterocycles. The van der Waals surface area contributed by atoms with E-state index < -0.39 is 0 Å². The average molecular weight is 464 g/mol. The molecular formula is C26H30ClN5O. The van der Waals surface area contributed by atoms with Crippen molar-refractivity contribution in [1.82, 2.24) is 9.80 Å². The molecule has 3 saturated heterocycles. The molecule has 0 bridgehead atoms. The Morgan fingerprint density at radius 2 is 1.61 bits per heavy atom. The van der Waals surface area contributed by atoms with Crippen LogP contribution in [0.15, 0.2) is 42.5 Å². The number of piperazine rings is 1. The van der Waals surface area contributed by atoms with Crippen LogP contribution >= 0.6 is 11.6 Å². The Labute approximate surface area is 200 Å². The highest BCUT2D eigenvalue weighted by molar-refractivity contribution is 6.32. The number of amides is 1. The van der Waals surface area contributed by atoms with E-state index in [9.17, 15) is 4.79 Å². The van der Waals surface area contributed by atoms with Crippen molar-refractivity contribution in [2.45, 2.75) is 12.8 Å². The van der Waals surface area contributed by atoms with Gasteiger partial charge in [-0.1, -0.05) is 11.6 Å². The van der Waals surface area contributed by atoms with Crippen molar-refractivity contribution in [1.29, 1.82) is 5.26 Å². The maximum atomic E-state index is 13.2. The lowest BCUT2D eigenvalue weighted by Crippen LogP contribution is -2.44. The molecule has 3 fully saturated rings. The Morgan fingerprint density at radius 1 is 0.909 bits per heavy atom. The van der Waals surface area contributed by atoms with E-state index in [1.165, 1.54) is 5.69 Å². The number of nitriles is 1. The predicted octanol–water partition coefficient (Wildman–Crippen LogP) is 3.71. The van der Waals surface area contributed by atoms with Crippen LogP contribution in [0, 0.1) is 16.7 Å². The molecule has 1 atom stereocenters. The van der Waals surface area contributed by atoms with Gasteiger partial charge in [-0.25, -0.2) is 0 Å². The molecule has 172 valence electrons. The summed E-state index contributed by atoms with van der Waals surface area (Å²) in [5.41, 5.74) is 3.67. The van der Waals surface area contributed by atoms with E-state index in [0.29, 0.717) is 10.6 Å². The fourth-order valence-corrected chi connectivity index (χ4v) is 5.67. The summed E-state index contributed by atoms with van der Waals surface area (Å²) in [6.45, 7) is 7.67. The van der Waals surface area contributed by atoms with Gasteiger partial charge in [-0.05, 0) is 62.4 Å². The molecule has 1 spiro atoms. The third kappa shape index (κ3) is 4.40. The summed E-state index contributed by atoms with van der Waals surface area (Å²) in [4.78, 5) is 22.3. The normalized spacial score (nSPS) is 23.4. The van der Waals surface area contributed by atoms with Crippen LogP contribution in [-0.4, -0.2) is 75.1 Å². The minimum atomic E-state index is 0.135. The lowest BCUT2D eigenvalue weighted by atomic mass is 9.86. The Hall–Kier alpha value is -2.75. The zero-order valence-corrected chi connectivity index (χ0v) is 19.9. The first-order valence-electron chi connectivity index (χ1n) is 11.7. The summed E-state index contributed by atoms with van der Waals surface area (Å²) in [7, 11) is 2.16. The molecule has 3 aliphatic rings. The summed E-state index contributed by atoms with van der Waals surface area (Å²) in [5.74, 6) is 0.136. The molecule has 2 aromatic carbocycles. The number of benzene rings is 2. The molecular weight excluding hydrogens is 434 g/mol. The van der Waals surface area contributed by atoms with Gasteiger partial charge in [0.1, 0.15) is 6.07 Å². The molecule has 5 rings (SSSR count). The van der Waals surface area contributed by atoms with Crippen molar-refractivity contribution >= 4 is 28.9 Å². The second kappa shape index (κ2) is 8.89. The number of halogens is 1. The second-order valence-corrected chi connectivity index (χ2v) is 10.2. The molecule has 3 heterocycles. The van der Waals surface area contributed by atoms with Gasteiger partial charge < -0.3 is 19.6 Å². The van der Waals surface area contributed by atoms with E-state index >= 15 is 0 Å². The summed E-state index contributed by atoms with van der Waals surface area (Å²) in [6.07, 6.45) is 2.09. The summed E-state index contributed by atoms with van der Waals surface area (Å²) in [6, 6.07) is 15.9. The van der Waals surface area contributed by atoms with E-state index in [1.807, 2.05) is 29.2 Å². The highest BCUT2D eigenvalue weighted by Gasteiger charge is 2.45. The SMILES string of the molecule is CN1CCN(c2ccc(C(=O)N3CCC4(CCN(c5ccc(C#N)c(Cl)c5)C4)C3)cc2)CC1. The number of anilines is 2. The van der Waals surface area contributed by atoms with Crippen molar-refractivity contribution in [2.75, 3.05) is 69.2 Å². The van der Waals surface area contributed by atoms with Crippen LogP contribution in [-0.2, 0) is 0 Å². The predicted molar refractivity (Wildman–Crippen MR) is 132 cm³/mol. The summed E-state index contributed by atoms with van der Waals surface area (Å²) < 4.78 is 0. The molecule has 2 aromatic rings. The maximum absolute atomic E-state index is 13.2. The van der Waals surface area contributed by atoms with Gasteiger partial charge in [0.2, 0.25) is 0 Å². The number of hydrogen-bond donors (Lipinski definition) is 0. The standard InChI is InChI=1S/C26H30ClN5O/c1-29-12-14-30(15-13-29)22-5-2-20(3-6-22)25(33)32-11-9-26(19-32)8-10-31(18-26)23-7-4-21(17-28)24(27)16-23/h2-7,16H,8-15,18-19H2,1H3. The molecule has 0 aliphatic carbocycles. The van der Waals surface area contributed by atoms with Crippen LogP contribution in [0.5, 0.6) is 0 Å². The van der Waals surface area contributed by atoms with Crippen molar-refractivity contribution in [3.05, 3.63) is 58.6 Å². The number of likely N-dealkylation sites (N-methyl/N-ethyl adjacent to an activating group) is 1. The van der Waals surface area contributed by atoms with Crippen LogP contribution < -0.4 is 9.80 Å². The Morgan fingerprint density at radius 3 is 2.30 bits per heavy atom. The quantitative estimate of drug-likeness (QED) is 0.694. The zero-order chi connectivity index (χ0) is 23.0. The van der Waals surface area contributed by atoms with Gasteiger partial charge in [-0.15, -0.1) is 0 Å². The molecule has 33 heavy (non-hydrogen) atoms. The van der Waals surface area contributed by atoms with E-state index in [1.54, 1.807) is 6.07 Å². The minimum Gasteiger partial charge on any atom is -0.371 e. The molecule has 7 heteroatoms. The number of carbonyl (C=O) groups excluding carboxylic acids is 1. The molecule has 6 nitrogen and oxygen atoms in total. The largest absolute Gasteiger partial charge is 0.371 e. The topological polar surface area (TPSA) is 53.8 Å². The lowest BCUT2D eigenvalue weighted by Gasteiger charge is -2.34. The van der Waals surface area contributed by atoms with E-state index in [-0.39, 0.29) is 11.3 Å². The smallest absolute Gasteiger partial charge is 0.253 e. The van der Waals surface area contributed by atoms with Crippen molar-refractivity contribution in [3.63, 3.8) is 0 Å². The van der Waals surface area contributed by atoms with Crippen LogP contribution in [0.25, 0.3) is 0 Å². The molecule has 1 unspecified atom stereocenters. The van der Waals surface area contributed by atoms with E-state index in [2.05, 4.69) is 39.9 Å². The molecule has 0 radical (unpaired) electrons. The monoisotopic (exact) mass is 463 g/mol. The van der Waals surface area contributed by atoms with Gasteiger partial charge in [-0.3, -0.25) is 4.79 Å². The summed E-state index contributed by atoms with van der Waals surface area (Å²) in [5, 5.41) is 9.62. The average Bonchev–Trinajstić information content (AvgIpc) is 3.46. The van der Waals surface area contributed by atoms with Crippen molar-refractivity contribution in [3.8, 4) is 6.07 Å². The van der Waals surface area contributed by atoms with Crippen LogP contribution in [0.4, 0.5) is 11.4 Å². The Kier molecular flexibility index (Phi) is 5.94. The Balaban J connectivity index is 1.21. The number of carbonyl (C=O) groups is 1. The molecule has 3 aliphatic heterocycles. The van der Waals surface area contributed by atoms with Gasteiger partial charge in [-0.2, -0.15) is 5.26 Å². The summed E-state index contributed by atoms with van der Waals surface area (Å²) >= 11 is 6.25.